The number of Topliss-reactive ketones (excluding diaryl/α,β-unsaturated/α-hetero) is 1. The molecule has 1 aromatic heterocycles. The van der Waals surface area contributed by atoms with Crippen LogP contribution in [0.4, 0.5) is 0 Å². The monoisotopic (exact) mass is 149 g/mol. The van der Waals surface area contributed by atoms with Crippen molar-refractivity contribution in [2.24, 2.45) is 0 Å². The Balaban J connectivity index is 2.95. The summed E-state index contributed by atoms with van der Waals surface area (Å²) in [6.07, 6.45) is 2.80. The number of aromatic nitrogens is 1. The van der Waals surface area contributed by atoms with Gasteiger partial charge in [-0.15, -0.1) is 0 Å². The topological polar surface area (TPSA) is 70.8 Å². The summed E-state index contributed by atoms with van der Waals surface area (Å²) in [4.78, 5) is 24.7. The Hall–Kier alpha value is -1.71. The van der Waals surface area contributed by atoms with Gasteiger partial charge in [-0.05, 0) is 12.1 Å². The predicted octanol–water partition coefficient (Wildman–Crippen LogP) is 0.0738. The van der Waals surface area contributed by atoms with Crippen LogP contribution in [0, 0.1) is 0 Å². The van der Waals surface area contributed by atoms with Gasteiger partial charge in [0.05, 0.1) is 0 Å². The Bertz CT molecular complexity index is 282. The molecule has 1 aromatic rings. The molecule has 0 fully saturated rings. The summed E-state index contributed by atoms with van der Waals surface area (Å²) in [7, 11) is 0. The van der Waals surface area contributed by atoms with Crippen LogP contribution in [0.15, 0.2) is 24.5 Å². The fourth-order valence-electron chi connectivity index (χ4n) is 0.634. The van der Waals surface area contributed by atoms with E-state index in [0.717, 1.165) is 0 Å². The molecule has 1 rings (SSSR count). The number of hydrogen-bond donors (Lipinski definition) is 0. The highest BCUT2D eigenvalue weighted by Crippen LogP contribution is 1.96. The molecule has 0 aliphatic rings. The molecular weight excluding hydrogens is 144 g/mol. The van der Waals surface area contributed by atoms with Gasteiger partial charge in [0.2, 0.25) is 0 Å². The van der Waals surface area contributed by atoms with E-state index in [9.17, 15) is 9.59 Å². The van der Waals surface area contributed by atoms with E-state index in [1.807, 2.05) is 0 Å². The van der Waals surface area contributed by atoms with Crippen molar-refractivity contribution in [2.75, 3.05) is 0 Å². The van der Waals surface area contributed by atoms with Crippen molar-refractivity contribution in [3.05, 3.63) is 30.1 Å². The van der Waals surface area contributed by atoms with Gasteiger partial charge >= 0.3 is 5.91 Å². The number of nitrogens with one attached hydrogen (secondary N) is 1. The van der Waals surface area contributed by atoms with Crippen molar-refractivity contribution in [1.29, 1.82) is 0 Å². The molecule has 0 spiro atoms. The zero-order valence-corrected chi connectivity index (χ0v) is 5.57. The molecule has 4 nitrogen and oxygen atoms in total. The molecular formula is C7H5N2O2. The Labute approximate surface area is 63.0 Å². The number of rotatable bonds is 2. The lowest BCUT2D eigenvalue weighted by molar-refractivity contribution is -0.114. The Morgan fingerprint density at radius 2 is 1.82 bits per heavy atom. The molecule has 0 unspecified atom stereocenters. The summed E-state index contributed by atoms with van der Waals surface area (Å²) in [5.74, 6) is -2.00. The van der Waals surface area contributed by atoms with E-state index in [2.05, 4.69) is 4.98 Å². The number of pyridine rings is 1. The van der Waals surface area contributed by atoms with E-state index in [0.29, 0.717) is 0 Å². The summed E-state index contributed by atoms with van der Waals surface area (Å²) in [5, 5.41) is 0. The highest BCUT2D eigenvalue weighted by atomic mass is 16.2. The van der Waals surface area contributed by atoms with Crippen LogP contribution in [0.5, 0.6) is 0 Å². The average molecular weight is 149 g/mol. The molecule has 0 aromatic carbocycles. The standard InChI is InChI=1S/C7H5N2O2/c8-7(11)6(10)5-1-3-9-4-2-5/h1-4,8H. The number of amides is 1. The van der Waals surface area contributed by atoms with E-state index >= 15 is 0 Å². The largest absolute Gasteiger partial charge is 0.310 e. The Kier molecular flexibility index (Phi) is 1.96. The number of nitrogens with zero attached hydrogens (tertiary/aromatic N) is 1. The van der Waals surface area contributed by atoms with Gasteiger partial charge in [-0.1, -0.05) is 0 Å². The molecule has 0 aliphatic heterocycles. The summed E-state index contributed by atoms with van der Waals surface area (Å²) in [6.45, 7) is 0. The summed E-state index contributed by atoms with van der Waals surface area (Å²) < 4.78 is 0. The first-order chi connectivity index (χ1) is 5.22. The van der Waals surface area contributed by atoms with Gasteiger partial charge in [-0.2, -0.15) is 0 Å². The molecule has 0 bridgehead atoms. The average Bonchev–Trinajstić information content (AvgIpc) is 2.05. The lowest BCUT2D eigenvalue weighted by Crippen LogP contribution is -2.14. The number of hydrogen-bond acceptors (Lipinski definition) is 3. The van der Waals surface area contributed by atoms with Gasteiger partial charge in [0.15, 0.2) is 0 Å². The van der Waals surface area contributed by atoms with Gasteiger partial charge in [-0.3, -0.25) is 20.3 Å². The SMILES string of the molecule is [NH]C(=O)C(=O)c1ccncc1. The molecule has 1 radical (unpaired) electrons. The smallest absolute Gasteiger partial charge is 0.283 e. The van der Waals surface area contributed by atoms with Crippen molar-refractivity contribution in [2.45, 2.75) is 0 Å². The van der Waals surface area contributed by atoms with Crippen LogP contribution < -0.4 is 5.73 Å². The Morgan fingerprint density at radius 3 is 2.27 bits per heavy atom. The maximum atomic E-state index is 10.8. The third-order valence-electron chi connectivity index (χ3n) is 1.15. The van der Waals surface area contributed by atoms with Gasteiger partial charge in [0.1, 0.15) is 0 Å². The minimum Gasteiger partial charge on any atom is -0.283 e. The van der Waals surface area contributed by atoms with Crippen LogP contribution in [-0.4, -0.2) is 16.7 Å². The second kappa shape index (κ2) is 2.92. The van der Waals surface area contributed by atoms with Crippen molar-refractivity contribution < 1.29 is 9.59 Å². The molecule has 11 heavy (non-hydrogen) atoms. The normalized spacial score (nSPS) is 9.09. The first kappa shape index (κ1) is 7.40. The summed E-state index contributed by atoms with van der Waals surface area (Å²) in [5.41, 5.74) is 6.72. The minimum atomic E-state index is -1.20. The molecule has 0 saturated carbocycles. The van der Waals surface area contributed by atoms with Gasteiger partial charge < -0.3 is 0 Å². The number of carbonyl (C=O) groups excluding carboxylic acids is 2. The van der Waals surface area contributed by atoms with E-state index in [4.69, 9.17) is 5.73 Å². The third-order valence-corrected chi connectivity index (χ3v) is 1.15. The van der Waals surface area contributed by atoms with Crippen LogP contribution in [0.3, 0.4) is 0 Å². The maximum absolute atomic E-state index is 10.8. The molecule has 1 amide bonds. The fourth-order valence-corrected chi connectivity index (χ4v) is 0.634. The molecule has 55 valence electrons. The maximum Gasteiger partial charge on any atom is 0.310 e. The zero-order chi connectivity index (χ0) is 8.27. The predicted molar refractivity (Wildman–Crippen MR) is 36.7 cm³/mol. The summed E-state index contributed by atoms with van der Waals surface area (Å²) >= 11 is 0. The van der Waals surface area contributed by atoms with E-state index in [-0.39, 0.29) is 5.56 Å². The highest BCUT2D eigenvalue weighted by molar-refractivity contribution is 6.41. The second-order valence-electron chi connectivity index (χ2n) is 1.89. The van der Waals surface area contributed by atoms with E-state index < -0.39 is 11.7 Å². The molecule has 1 N–H and O–H groups in total. The van der Waals surface area contributed by atoms with Crippen LogP contribution >= 0.6 is 0 Å². The zero-order valence-electron chi connectivity index (χ0n) is 5.57. The van der Waals surface area contributed by atoms with Crippen molar-refractivity contribution >= 4 is 11.7 Å². The molecule has 0 atom stereocenters. The van der Waals surface area contributed by atoms with Crippen molar-refractivity contribution in [1.82, 2.24) is 10.7 Å². The van der Waals surface area contributed by atoms with Gasteiger partial charge in [-0.25, -0.2) is 0 Å². The highest BCUT2D eigenvalue weighted by Gasteiger charge is 2.11. The molecule has 4 heteroatoms. The number of ketones is 1. The van der Waals surface area contributed by atoms with Crippen LogP contribution in [0.2, 0.25) is 0 Å². The molecule has 1 heterocycles. The van der Waals surface area contributed by atoms with Crippen LogP contribution in [-0.2, 0) is 4.79 Å². The lowest BCUT2D eigenvalue weighted by atomic mass is 10.2. The lowest BCUT2D eigenvalue weighted by Gasteiger charge is -1.91. The first-order valence-corrected chi connectivity index (χ1v) is 2.92. The van der Waals surface area contributed by atoms with E-state index in [1.165, 1.54) is 24.5 Å². The minimum absolute atomic E-state index is 0.208. The first-order valence-electron chi connectivity index (χ1n) is 2.92. The van der Waals surface area contributed by atoms with Crippen molar-refractivity contribution in [3.63, 3.8) is 0 Å². The van der Waals surface area contributed by atoms with E-state index in [1.54, 1.807) is 0 Å². The Morgan fingerprint density at radius 1 is 1.27 bits per heavy atom. The molecule has 0 saturated heterocycles. The van der Waals surface area contributed by atoms with Crippen LogP contribution in [0.25, 0.3) is 0 Å². The molecule has 0 aliphatic carbocycles. The van der Waals surface area contributed by atoms with Gasteiger partial charge in [0, 0.05) is 18.0 Å². The van der Waals surface area contributed by atoms with Crippen molar-refractivity contribution in [3.8, 4) is 0 Å². The fraction of sp³-hybridized carbons (Fsp3) is 0. The summed E-state index contributed by atoms with van der Waals surface area (Å²) in [6, 6.07) is 2.80. The van der Waals surface area contributed by atoms with Gasteiger partial charge in [0.25, 0.3) is 5.78 Å². The third kappa shape index (κ3) is 1.61. The quantitative estimate of drug-likeness (QED) is 0.441. The van der Waals surface area contributed by atoms with Crippen LogP contribution in [0.1, 0.15) is 10.4 Å². The second-order valence-corrected chi connectivity index (χ2v) is 1.89. The number of carbonyl (C=O) groups is 2.